The molecule has 2 heterocycles. The first kappa shape index (κ1) is 20.8. The molecule has 0 bridgehead atoms. The summed E-state index contributed by atoms with van der Waals surface area (Å²) < 4.78 is 0. The van der Waals surface area contributed by atoms with Gasteiger partial charge < -0.3 is 5.73 Å². The van der Waals surface area contributed by atoms with Gasteiger partial charge in [0.1, 0.15) is 0 Å². The van der Waals surface area contributed by atoms with E-state index in [0.29, 0.717) is 12.8 Å². The van der Waals surface area contributed by atoms with Crippen molar-refractivity contribution in [1.82, 2.24) is 10.6 Å². The fraction of sp³-hybridized carbons (Fsp3) is 0.750. The van der Waals surface area contributed by atoms with Gasteiger partial charge in [0.2, 0.25) is 23.6 Å². The summed E-state index contributed by atoms with van der Waals surface area (Å²) in [7, 11) is 0. The van der Waals surface area contributed by atoms with Crippen LogP contribution in [0.2, 0.25) is 0 Å². The van der Waals surface area contributed by atoms with Crippen LogP contribution in [0.5, 0.6) is 0 Å². The number of nitrogens with two attached hydrogens (primary N) is 1. The molecule has 0 aromatic rings. The Bertz CT molecular complexity index is 520. The van der Waals surface area contributed by atoms with Crippen molar-refractivity contribution < 1.29 is 19.2 Å². The lowest BCUT2D eigenvalue weighted by atomic mass is 9.89. The first-order chi connectivity index (χ1) is 10.3. The minimum atomic E-state index is -0.458. The number of halogens is 1. The van der Waals surface area contributed by atoms with Gasteiger partial charge >= 0.3 is 0 Å². The van der Waals surface area contributed by atoms with Crippen molar-refractivity contribution in [2.24, 2.45) is 16.6 Å². The number of rotatable bonds is 0. The number of amides is 4. The number of hydrogen-bond acceptors (Lipinski definition) is 5. The van der Waals surface area contributed by atoms with Gasteiger partial charge in [0.05, 0.1) is 10.9 Å². The fourth-order valence-corrected chi connectivity index (χ4v) is 3.87. The minimum Gasteiger partial charge on any atom is -0.319 e. The monoisotopic (exact) mass is 403 g/mol. The number of carbonyl (C=O) groups excluding carboxylic acids is 4. The van der Waals surface area contributed by atoms with Crippen LogP contribution in [0, 0.1) is 10.8 Å². The van der Waals surface area contributed by atoms with E-state index in [1.54, 1.807) is 0 Å². The molecule has 4 N–H and O–H groups in total. The molecule has 2 spiro atoms. The Balaban J connectivity index is 0.000000222. The lowest BCUT2D eigenvalue weighted by Crippen LogP contribution is -2.54. The van der Waals surface area contributed by atoms with Gasteiger partial charge in [0, 0.05) is 23.7 Å². The van der Waals surface area contributed by atoms with Gasteiger partial charge in [0.15, 0.2) is 0 Å². The van der Waals surface area contributed by atoms with E-state index in [9.17, 15) is 19.2 Å². The summed E-state index contributed by atoms with van der Waals surface area (Å²) in [6.45, 7) is 0. The molecule has 0 aromatic heterocycles. The molecular weight excluding hydrogens is 378 g/mol. The van der Waals surface area contributed by atoms with Crippen LogP contribution in [-0.4, -0.2) is 34.5 Å². The Kier molecular flexibility index (Phi) is 5.98. The number of imide groups is 2. The normalized spacial score (nSPS) is 30.9. The van der Waals surface area contributed by atoms with Crippen LogP contribution in [0.3, 0.4) is 0 Å². The van der Waals surface area contributed by atoms with Crippen molar-refractivity contribution >= 4 is 39.6 Å². The summed E-state index contributed by atoms with van der Waals surface area (Å²) in [5, 5.41) is 4.52. The molecule has 2 saturated heterocycles. The second-order valence-electron chi connectivity index (χ2n) is 6.74. The molecule has 4 amide bonds. The maximum absolute atomic E-state index is 11.1. The zero-order valence-electron chi connectivity index (χ0n) is 12.0. The molecular formula is C16H26BrN3O4. The Morgan fingerprint density at radius 3 is 1.71 bits per heavy atom. The zero-order valence-corrected chi connectivity index (χ0v) is 13.6. The highest BCUT2D eigenvalue weighted by Gasteiger charge is 2.55. The van der Waals surface area contributed by atoms with Crippen LogP contribution in [-0.2, 0) is 19.2 Å². The average Bonchev–Trinajstić information content (AvgIpc) is 3.33. The van der Waals surface area contributed by atoms with Gasteiger partial charge in [-0.05, 0) is 25.7 Å². The first-order valence-electron chi connectivity index (χ1n) is 7.35. The summed E-state index contributed by atoms with van der Waals surface area (Å²) in [5.74, 6) is -0.769. The highest BCUT2D eigenvalue weighted by atomic mass is 79.9. The van der Waals surface area contributed by atoms with Crippen molar-refractivity contribution in [3.05, 3.63) is 0 Å². The van der Waals surface area contributed by atoms with Gasteiger partial charge in [0.25, 0.3) is 0 Å². The van der Waals surface area contributed by atoms with Crippen molar-refractivity contribution in [2.75, 3.05) is 0 Å². The third kappa shape index (κ3) is 3.69. The quantitative estimate of drug-likeness (QED) is 0.411. The lowest BCUT2D eigenvalue weighted by Gasteiger charge is -2.26. The molecule has 2 unspecified atom stereocenters. The Hall–Kier alpha value is -1.28. The molecule has 8 heteroatoms. The Morgan fingerprint density at radius 2 is 1.25 bits per heavy atom. The molecule has 2 aliphatic carbocycles. The maximum atomic E-state index is 11.1. The number of nitrogens with one attached hydrogen (secondary N) is 2. The van der Waals surface area contributed by atoms with E-state index in [1.165, 1.54) is 0 Å². The summed E-state index contributed by atoms with van der Waals surface area (Å²) in [6, 6.07) is -0.458. The van der Waals surface area contributed by atoms with E-state index >= 15 is 0 Å². The van der Waals surface area contributed by atoms with Crippen LogP contribution in [0.1, 0.15) is 53.4 Å². The number of alkyl halides is 1. The van der Waals surface area contributed by atoms with Gasteiger partial charge in [-0.1, -0.05) is 30.8 Å². The van der Waals surface area contributed by atoms with Gasteiger partial charge in [-0.15, -0.1) is 0 Å². The third-order valence-electron chi connectivity index (χ3n) is 5.04. The molecule has 2 aliphatic heterocycles. The van der Waals surface area contributed by atoms with Crippen molar-refractivity contribution in [3.63, 3.8) is 0 Å². The topological polar surface area (TPSA) is 118 Å². The van der Waals surface area contributed by atoms with E-state index in [2.05, 4.69) is 26.6 Å². The van der Waals surface area contributed by atoms with Crippen molar-refractivity contribution in [2.45, 2.75) is 64.2 Å². The lowest BCUT2D eigenvalue weighted by molar-refractivity contribution is -0.137. The zero-order chi connectivity index (χ0) is 16.1. The van der Waals surface area contributed by atoms with Gasteiger partial charge in [-0.2, -0.15) is 0 Å². The standard InChI is InChI=1S/C7H8BrNO2.C7H10N2O2.2CH4/c2*8-5-6(11)9-4(10)3-7(5)1-2-7;;/h5H,1-3H2,(H,9,10,11);5H,1-3,8H2,(H,9,10,11);2*1H4. The fourth-order valence-electron chi connectivity index (χ4n) is 3.14. The molecule has 0 aromatic carbocycles. The van der Waals surface area contributed by atoms with E-state index in [0.717, 1.165) is 25.7 Å². The van der Waals surface area contributed by atoms with Gasteiger partial charge in [-0.3, -0.25) is 29.8 Å². The Labute approximate surface area is 150 Å². The van der Waals surface area contributed by atoms with E-state index in [-0.39, 0.29) is 54.1 Å². The van der Waals surface area contributed by atoms with Crippen LogP contribution in [0.25, 0.3) is 0 Å². The smallest absolute Gasteiger partial charge is 0.244 e. The predicted octanol–water partition coefficient (Wildman–Crippen LogP) is 0.989. The molecule has 7 nitrogen and oxygen atoms in total. The molecule has 24 heavy (non-hydrogen) atoms. The molecule has 2 saturated carbocycles. The summed E-state index contributed by atoms with van der Waals surface area (Å²) in [4.78, 5) is 43.7. The second-order valence-corrected chi connectivity index (χ2v) is 7.66. The molecule has 2 atom stereocenters. The van der Waals surface area contributed by atoms with Gasteiger partial charge in [-0.25, -0.2) is 0 Å². The van der Waals surface area contributed by atoms with Crippen LogP contribution >= 0.6 is 15.9 Å². The van der Waals surface area contributed by atoms with Crippen molar-refractivity contribution in [3.8, 4) is 0 Å². The molecule has 136 valence electrons. The van der Waals surface area contributed by atoms with Crippen LogP contribution < -0.4 is 16.4 Å². The molecule has 4 fully saturated rings. The highest BCUT2D eigenvalue weighted by molar-refractivity contribution is 9.10. The molecule has 4 aliphatic rings. The predicted molar refractivity (Wildman–Crippen MR) is 93.0 cm³/mol. The SMILES string of the molecule is C.C.NC1C(=O)NC(=O)CC12CC2.O=C1CC2(CC2)C(Br)C(=O)N1. The highest BCUT2D eigenvalue weighted by Crippen LogP contribution is 2.55. The number of hydrogen-bond donors (Lipinski definition) is 3. The van der Waals surface area contributed by atoms with Crippen LogP contribution in [0.15, 0.2) is 0 Å². The maximum Gasteiger partial charge on any atom is 0.244 e. The summed E-state index contributed by atoms with van der Waals surface area (Å²) in [6.07, 6.45) is 4.79. The average molecular weight is 404 g/mol. The molecule has 4 rings (SSSR count). The van der Waals surface area contributed by atoms with E-state index in [1.807, 2.05) is 0 Å². The largest absolute Gasteiger partial charge is 0.319 e. The Morgan fingerprint density at radius 1 is 0.833 bits per heavy atom. The second kappa shape index (κ2) is 6.92. The van der Waals surface area contributed by atoms with E-state index < -0.39 is 6.04 Å². The van der Waals surface area contributed by atoms with E-state index in [4.69, 9.17) is 5.73 Å². The minimum absolute atomic E-state index is 0. The summed E-state index contributed by atoms with van der Waals surface area (Å²) >= 11 is 3.30. The first-order valence-corrected chi connectivity index (χ1v) is 8.27. The summed E-state index contributed by atoms with van der Waals surface area (Å²) in [5.41, 5.74) is 5.45. The van der Waals surface area contributed by atoms with Crippen LogP contribution in [0.4, 0.5) is 0 Å². The molecule has 0 radical (unpaired) electrons. The number of piperidine rings is 2. The third-order valence-corrected chi connectivity index (χ3v) is 6.43. The van der Waals surface area contributed by atoms with Crippen molar-refractivity contribution in [1.29, 1.82) is 0 Å². The number of carbonyl (C=O) groups is 4.